The monoisotopic (exact) mass is 220 g/mol. The number of benzene rings is 1. The van der Waals surface area contributed by atoms with E-state index in [1.165, 1.54) is 5.56 Å². The fourth-order valence-corrected chi connectivity index (χ4v) is 1.78. The third-order valence-electron chi connectivity index (χ3n) is 2.43. The van der Waals surface area contributed by atoms with Gasteiger partial charge in [-0.2, -0.15) is 0 Å². The number of hydrogen-bond acceptors (Lipinski definition) is 1. The van der Waals surface area contributed by atoms with Crippen LogP contribution in [0.1, 0.15) is 18.2 Å². The van der Waals surface area contributed by atoms with Gasteiger partial charge in [0.2, 0.25) is 5.28 Å². The van der Waals surface area contributed by atoms with Gasteiger partial charge in [-0.3, -0.25) is 0 Å². The second kappa shape index (κ2) is 4.07. The lowest BCUT2D eigenvalue weighted by molar-refractivity contribution is 1.07. The van der Waals surface area contributed by atoms with Gasteiger partial charge in [0, 0.05) is 11.3 Å². The molecule has 2 nitrogen and oxygen atoms in total. The average molecular weight is 221 g/mol. The van der Waals surface area contributed by atoms with Crippen molar-refractivity contribution in [1.82, 2.24) is 9.97 Å². The molecular weight excluding hydrogens is 208 g/mol. The molecule has 1 aromatic carbocycles. The van der Waals surface area contributed by atoms with Crippen LogP contribution in [0.5, 0.6) is 0 Å². The van der Waals surface area contributed by atoms with Crippen molar-refractivity contribution >= 4 is 11.6 Å². The van der Waals surface area contributed by atoms with Crippen LogP contribution < -0.4 is 0 Å². The maximum Gasteiger partial charge on any atom is 0.200 e. The number of hydrogen-bond donors (Lipinski definition) is 1. The molecule has 15 heavy (non-hydrogen) atoms. The number of H-pyrrole nitrogens is 1. The summed E-state index contributed by atoms with van der Waals surface area (Å²) in [7, 11) is 0. The fourth-order valence-electron chi connectivity index (χ4n) is 1.58. The topological polar surface area (TPSA) is 28.7 Å². The van der Waals surface area contributed by atoms with Gasteiger partial charge in [-0.05, 0) is 24.9 Å². The fraction of sp³-hybridized carbons (Fsp3) is 0.250. The maximum absolute atomic E-state index is 5.86. The number of aromatic nitrogens is 2. The molecule has 0 unspecified atom stereocenters. The first-order valence-corrected chi connectivity index (χ1v) is 5.40. The Kier molecular flexibility index (Phi) is 2.78. The molecule has 0 fully saturated rings. The first-order chi connectivity index (χ1) is 7.20. The van der Waals surface area contributed by atoms with E-state index in [0.717, 1.165) is 23.4 Å². The zero-order valence-corrected chi connectivity index (χ0v) is 9.60. The van der Waals surface area contributed by atoms with Crippen LogP contribution in [0.4, 0.5) is 0 Å². The molecule has 0 radical (unpaired) electrons. The molecule has 1 N–H and O–H groups in total. The molecular formula is C12H13ClN2. The van der Waals surface area contributed by atoms with E-state index in [0.29, 0.717) is 5.28 Å². The lowest BCUT2D eigenvalue weighted by atomic mass is 10.1. The smallest absolute Gasteiger partial charge is 0.200 e. The van der Waals surface area contributed by atoms with E-state index in [1.807, 2.05) is 0 Å². The van der Waals surface area contributed by atoms with Crippen LogP contribution in [-0.2, 0) is 6.42 Å². The molecule has 2 aromatic rings. The van der Waals surface area contributed by atoms with Crippen molar-refractivity contribution in [3.8, 4) is 11.3 Å². The van der Waals surface area contributed by atoms with Crippen LogP contribution in [0.25, 0.3) is 11.3 Å². The molecule has 0 spiro atoms. The molecule has 1 aromatic heterocycles. The summed E-state index contributed by atoms with van der Waals surface area (Å²) >= 11 is 5.86. The van der Waals surface area contributed by atoms with Gasteiger partial charge in [-0.1, -0.05) is 36.8 Å². The number of nitrogens with zero attached hydrogens (tertiary/aromatic N) is 1. The summed E-state index contributed by atoms with van der Waals surface area (Å²) < 4.78 is 0. The van der Waals surface area contributed by atoms with Gasteiger partial charge >= 0.3 is 0 Å². The molecule has 0 aliphatic carbocycles. The quantitative estimate of drug-likeness (QED) is 0.823. The molecule has 1 heterocycles. The molecule has 2 rings (SSSR count). The predicted octanol–water partition coefficient (Wildman–Crippen LogP) is 3.60. The van der Waals surface area contributed by atoms with E-state index in [4.69, 9.17) is 11.6 Å². The lowest BCUT2D eigenvalue weighted by Crippen LogP contribution is -1.85. The normalized spacial score (nSPS) is 10.6. The zero-order valence-electron chi connectivity index (χ0n) is 8.84. The average Bonchev–Trinajstić information content (AvgIpc) is 2.61. The van der Waals surface area contributed by atoms with E-state index in [9.17, 15) is 0 Å². The Hall–Kier alpha value is -1.28. The third-order valence-corrected chi connectivity index (χ3v) is 2.61. The first kappa shape index (κ1) is 10.2. The number of aryl methyl sites for hydroxylation is 2. The zero-order chi connectivity index (χ0) is 10.8. The summed E-state index contributed by atoms with van der Waals surface area (Å²) in [6, 6.07) is 8.30. The summed E-state index contributed by atoms with van der Waals surface area (Å²) in [6.07, 6.45) is 0.906. The number of imidazole rings is 1. The Bertz CT molecular complexity index is 457. The van der Waals surface area contributed by atoms with Gasteiger partial charge < -0.3 is 4.98 Å². The molecule has 3 heteroatoms. The molecule has 0 amide bonds. The minimum Gasteiger partial charge on any atom is -0.332 e. The Morgan fingerprint density at radius 3 is 2.53 bits per heavy atom. The number of rotatable bonds is 2. The highest BCUT2D eigenvalue weighted by molar-refractivity contribution is 6.28. The van der Waals surface area contributed by atoms with Crippen molar-refractivity contribution in [3.63, 3.8) is 0 Å². The Labute approximate surface area is 94.3 Å². The molecule has 0 aliphatic rings. The van der Waals surface area contributed by atoms with Crippen LogP contribution >= 0.6 is 11.6 Å². The molecule has 0 bridgehead atoms. The van der Waals surface area contributed by atoms with E-state index in [2.05, 4.69) is 48.1 Å². The highest BCUT2D eigenvalue weighted by Gasteiger charge is 2.08. The van der Waals surface area contributed by atoms with Crippen LogP contribution in [0.15, 0.2) is 24.3 Å². The van der Waals surface area contributed by atoms with Crippen molar-refractivity contribution in [2.45, 2.75) is 20.3 Å². The molecule has 0 saturated heterocycles. The highest BCUT2D eigenvalue weighted by Crippen LogP contribution is 2.23. The Morgan fingerprint density at radius 2 is 1.93 bits per heavy atom. The van der Waals surface area contributed by atoms with Crippen LogP contribution in [0.2, 0.25) is 5.28 Å². The van der Waals surface area contributed by atoms with Crippen LogP contribution in [0, 0.1) is 6.92 Å². The molecule has 0 atom stereocenters. The van der Waals surface area contributed by atoms with Crippen molar-refractivity contribution in [2.75, 3.05) is 0 Å². The molecule has 78 valence electrons. The summed E-state index contributed by atoms with van der Waals surface area (Å²) in [5.74, 6) is 0. The number of aromatic amines is 1. The van der Waals surface area contributed by atoms with Gasteiger partial charge in [0.15, 0.2) is 0 Å². The maximum atomic E-state index is 5.86. The summed E-state index contributed by atoms with van der Waals surface area (Å²) in [5.41, 5.74) is 4.41. The molecule has 0 aliphatic heterocycles. The van der Waals surface area contributed by atoms with Gasteiger partial charge in [0.05, 0.1) is 5.69 Å². The number of halogens is 1. The summed E-state index contributed by atoms with van der Waals surface area (Å²) in [5, 5.41) is 0.461. The van der Waals surface area contributed by atoms with Gasteiger partial charge in [-0.15, -0.1) is 0 Å². The van der Waals surface area contributed by atoms with Gasteiger partial charge in [0.1, 0.15) is 0 Å². The van der Waals surface area contributed by atoms with E-state index in [1.54, 1.807) is 0 Å². The largest absolute Gasteiger partial charge is 0.332 e. The van der Waals surface area contributed by atoms with E-state index >= 15 is 0 Å². The van der Waals surface area contributed by atoms with Crippen molar-refractivity contribution in [3.05, 3.63) is 40.8 Å². The number of nitrogens with one attached hydrogen (secondary N) is 1. The second-order valence-electron chi connectivity index (χ2n) is 3.57. The third kappa shape index (κ3) is 2.05. The van der Waals surface area contributed by atoms with Crippen molar-refractivity contribution in [2.24, 2.45) is 0 Å². The minimum atomic E-state index is 0.461. The van der Waals surface area contributed by atoms with Crippen molar-refractivity contribution in [1.29, 1.82) is 0 Å². The minimum absolute atomic E-state index is 0.461. The van der Waals surface area contributed by atoms with E-state index in [-0.39, 0.29) is 0 Å². The summed E-state index contributed by atoms with van der Waals surface area (Å²) in [4.78, 5) is 7.35. The van der Waals surface area contributed by atoms with Crippen LogP contribution in [0.3, 0.4) is 0 Å². The molecule has 0 saturated carbocycles. The summed E-state index contributed by atoms with van der Waals surface area (Å²) in [6.45, 7) is 4.16. The van der Waals surface area contributed by atoms with Gasteiger partial charge in [-0.25, -0.2) is 4.98 Å². The highest BCUT2D eigenvalue weighted by atomic mass is 35.5. The first-order valence-electron chi connectivity index (χ1n) is 5.02. The standard InChI is InChI=1S/C12H13ClN2/c1-3-10-11(15-12(13)14-10)9-6-4-8(2)5-7-9/h4-7H,3H2,1-2H3,(H,14,15). The van der Waals surface area contributed by atoms with Crippen LogP contribution in [-0.4, -0.2) is 9.97 Å². The SMILES string of the molecule is CCc1[nH]c(Cl)nc1-c1ccc(C)cc1. The van der Waals surface area contributed by atoms with Gasteiger partial charge in [0.25, 0.3) is 0 Å². The lowest BCUT2D eigenvalue weighted by Gasteiger charge is -2.00. The Morgan fingerprint density at radius 1 is 1.27 bits per heavy atom. The van der Waals surface area contributed by atoms with Crippen molar-refractivity contribution < 1.29 is 0 Å². The second-order valence-corrected chi connectivity index (χ2v) is 3.93. The Balaban J connectivity index is 2.48. The predicted molar refractivity (Wildman–Crippen MR) is 63.1 cm³/mol. The van der Waals surface area contributed by atoms with E-state index < -0.39 is 0 Å².